The third kappa shape index (κ3) is 1.56. The fourth-order valence-corrected chi connectivity index (χ4v) is 2.37. The highest BCUT2D eigenvalue weighted by atomic mass is 35.5. The Bertz CT molecular complexity index is 386. The van der Waals surface area contributed by atoms with E-state index in [4.69, 9.17) is 21.1 Å². The van der Waals surface area contributed by atoms with Crippen molar-refractivity contribution in [1.29, 1.82) is 0 Å². The van der Waals surface area contributed by atoms with Gasteiger partial charge >= 0.3 is 0 Å². The Kier molecular flexibility index (Phi) is 2.76. The van der Waals surface area contributed by atoms with Crippen LogP contribution in [0.2, 0.25) is 5.02 Å². The summed E-state index contributed by atoms with van der Waals surface area (Å²) in [6, 6.07) is 1.80. The maximum Gasteiger partial charge on any atom is 0.179 e. The first-order valence-corrected chi connectivity index (χ1v) is 5.18. The van der Waals surface area contributed by atoms with E-state index in [1.165, 1.54) is 0 Å². The molecule has 0 saturated carbocycles. The first-order valence-electron chi connectivity index (χ1n) is 4.80. The molecule has 1 aliphatic rings. The lowest BCUT2D eigenvalue weighted by molar-refractivity contribution is 0.179. The van der Waals surface area contributed by atoms with Crippen molar-refractivity contribution in [2.75, 3.05) is 14.2 Å². The van der Waals surface area contributed by atoms with Crippen molar-refractivity contribution in [3.63, 3.8) is 0 Å². The third-order valence-corrected chi connectivity index (χ3v) is 3.17. The molecule has 0 spiro atoms. The summed E-state index contributed by atoms with van der Waals surface area (Å²) in [6.07, 6.45) is 1.07. The zero-order chi connectivity index (χ0) is 11.0. The molecule has 0 saturated heterocycles. The second kappa shape index (κ2) is 3.91. The van der Waals surface area contributed by atoms with Crippen molar-refractivity contribution < 1.29 is 14.6 Å². The first kappa shape index (κ1) is 10.6. The standard InChI is InChI=1S/C11H13ClO3/c1-14-9-5-7-6(3-4-8(7)13)10(12)11(9)15-2/h5,8,13H,3-4H2,1-2H3. The van der Waals surface area contributed by atoms with Crippen molar-refractivity contribution in [3.8, 4) is 11.5 Å². The lowest BCUT2D eigenvalue weighted by Crippen LogP contribution is -1.97. The molecule has 0 heterocycles. The van der Waals surface area contributed by atoms with Gasteiger partial charge in [-0.05, 0) is 30.0 Å². The molecule has 0 fully saturated rings. The number of ether oxygens (including phenoxy) is 2. The van der Waals surface area contributed by atoms with Gasteiger partial charge in [0.15, 0.2) is 11.5 Å². The van der Waals surface area contributed by atoms with Crippen LogP contribution >= 0.6 is 11.6 Å². The zero-order valence-corrected chi connectivity index (χ0v) is 9.47. The van der Waals surface area contributed by atoms with Crippen LogP contribution in [0.5, 0.6) is 11.5 Å². The number of hydrogen-bond donors (Lipinski definition) is 1. The normalized spacial score (nSPS) is 18.8. The molecule has 82 valence electrons. The van der Waals surface area contributed by atoms with E-state index in [1.54, 1.807) is 20.3 Å². The molecule has 1 atom stereocenters. The van der Waals surface area contributed by atoms with Crippen LogP contribution in [-0.2, 0) is 6.42 Å². The van der Waals surface area contributed by atoms with E-state index in [1.807, 2.05) is 0 Å². The van der Waals surface area contributed by atoms with Crippen molar-refractivity contribution in [2.45, 2.75) is 18.9 Å². The van der Waals surface area contributed by atoms with Gasteiger partial charge in [0.05, 0.1) is 25.3 Å². The molecule has 0 aliphatic heterocycles. The number of benzene rings is 1. The minimum Gasteiger partial charge on any atom is -0.493 e. The predicted molar refractivity (Wildman–Crippen MR) is 57.8 cm³/mol. The molecule has 0 bridgehead atoms. The minimum atomic E-state index is -0.433. The summed E-state index contributed by atoms with van der Waals surface area (Å²) in [4.78, 5) is 0. The predicted octanol–water partition coefficient (Wildman–Crippen LogP) is 2.34. The number of aliphatic hydroxyl groups excluding tert-OH is 1. The van der Waals surface area contributed by atoms with Crippen LogP contribution in [0.15, 0.2) is 6.07 Å². The molecule has 1 unspecified atom stereocenters. The molecule has 4 heteroatoms. The summed E-state index contributed by atoms with van der Waals surface area (Å²) in [5.74, 6) is 1.12. The van der Waals surface area contributed by atoms with E-state index in [2.05, 4.69) is 0 Å². The third-order valence-electron chi connectivity index (χ3n) is 2.77. The minimum absolute atomic E-state index is 0.433. The molecule has 1 aromatic carbocycles. The fraction of sp³-hybridized carbons (Fsp3) is 0.455. The molecule has 0 aromatic heterocycles. The van der Waals surface area contributed by atoms with Crippen LogP contribution in [0.1, 0.15) is 23.7 Å². The Morgan fingerprint density at radius 1 is 1.40 bits per heavy atom. The highest BCUT2D eigenvalue weighted by Gasteiger charge is 2.27. The largest absolute Gasteiger partial charge is 0.493 e. The van der Waals surface area contributed by atoms with E-state index in [0.717, 1.165) is 17.5 Å². The van der Waals surface area contributed by atoms with Gasteiger partial charge in [-0.2, -0.15) is 0 Å². The quantitative estimate of drug-likeness (QED) is 0.845. The molecule has 1 N–H and O–H groups in total. The van der Waals surface area contributed by atoms with E-state index >= 15 is 0 Å². The Labute approximate surface area is 93.6 Å². The summed E-state index contributed by atoms with van der Waals surface area (Å²) >= 11 is 6.19. The number of aliphatic hydroxyl groups is 1. The number of rotatable bonds is 2. The number of methoxy groups -OCH3 is 2. The van der Waals surface area contributed by atoms with Crippen molar-refractivity contribution in [3.05, 3.63) is 22.2 Å². The van der Waals surface area contributed by atoms with Crippen molar-refractivity contribution >= 4 is 11.6 Å². The van der Waals surface area contributed by atoms with E-state index in [9.17, 15) is 5.11 Å². The summed E-state index contributed by atoms with van der Waals surface area (Å²) in [7, 11) is 3.11. The van der Waals surface area contributed by atoms with Crippen LogP contribution in [-0.4, -0.2) is 19.3 Å². The summed E-state index contributed by atoms with van der Waals surface area (Å²) < 4.78 is 10.4. The van der Waals surface area contributed by atoms with E-state index < -0.39 is 6.10 Å². The van der Waals surface area contributed by atoms with Gasteiger partial charge < -0.3 is 14.6 Å². The van der Waals surface area contributed by atoms with Gasteiger partial charge in [-0.15, -0.1) is 0 Å². The Morgan fingerprint density at radius 2 is 2.13 bits per heavy atom. The maximum atomic E-state index is 9.73. The summed E-state index contributed by atoms with van der Waals surface area (Å²) in [5, 5.41) is 10.3. The van der Waals surface area contributed by atoms with Crippen LogP contribution in [0.3, 0.4) is 0 Å². The molecular formula is C11H13ClO3. The molecule has 1 aliphatic carbocycles. The van der Waals surface area contributed by atoms with Gasteiger partial charge in [-0.3, -0.25) is 0 Å². The average molecular weight is 229 g/mol. The van der Waals surface area contributed by atoms with Crippen LogP contribution in [0.25, 0.3) is 0 Å². The second-order valence-electron chi connectivity index (χ2n) is 3.55. The smallest absolute Gasteiger partial charge is 0.179 e. The van der Waals surface area contributed by atoms with E-state index in [-0.39, 0.29) is 0 Å². The van der Waals surface area contributed by atoms with Gasteiger partial charge in [0, 0.05) is 0 Å². The number of fused-ring (bicyclic) bond motifs is 1. The molecule has 1 aromatic rings. The van der Waals surface area contributed by atoms with Crippen molar-refractivity contribution in [1.82, 2.24) is 0 Å². The number of hydrogen-bond acceptors (Lipinski definition) is 3. The van der Waals surface area contributed by atoms with Gasteiger partial charge in [0.25, 0.3) is 0 Å². The SMILES string of the molecule is COc1cc2c(c(Cl)c1OC)CCC2O. The van der Waals surface area contributed by atoms with Gasteiger partial charge in [0.1, 0.15) is 0 Å². The Balaban J connectivity index is 2.61. The number of halogens is 1. The van der Waals surface area contributed by atoms with E-state index in [0.29, 0.717) is 22.9 Å². The average Bonchev–Trinajstić information content (AvgIpc) is 2.60. The summed E-state index contributed by atoms with van der Waals surface area (Å²) in [5.41, 5.74) is 1.83. The van der Waals surface area contributed by atoms with Crippen LogP contribution in [0.4, 0.5) is 0 Å². The molecular weight excluding hydrogens is 216 g/mol. The lowest BCUT2D eigenvalue weighted by Gasteiger charge is -2.13. The van der Waals surface area contributed by atoms with Gasteiger partial charge in [-0.25, -0.2) is 0 Å². The molecule has 3 nitrogen and oxygen atoms in total. The highest BCUT2D eigenvalue weighted by molar-refractivity contribution is 6.33. The fourth-order valence-electron chi connectivity index (χ4n) is 2.00. The molecule has 0 radical (unpaired) electrons. The zero-order valence-electron chi connectivity index (χ0n) is 8.71. The van der Waals surface area contributed by atoms with Gasteiger partial charge in [-0.1, -0.05) is 11.6 Å². The topological polar surface area (TPSA) is 38.7 Å². The maximum absolute atomic E-state index is 9.73. The second-order valence-corrected chi connectivity index (χ2v) is 3.93. The van der Waals surface area contributed by atoms with Crippen LogP contribution in [0, 0.1) is 0 Å². The van der Waals surface area contributed by atoms with Crippen LogP contribution < -0.4 is 9.47 Å². The molecule has 2 rings (SSSR count). The summed E-state index contributed by atoms with van der Waals surface area (Å²) in [6.45, 7) is 0. The molecule has 15 heavy (non-hydrogen) atoms. The highest BCUT2D eigenvalue weighted by Crippen LogP contribution is 2.45. The Hall–Kier alpha value is -0.930. The first-order chi connectivity index (χ1) is 7.19. The molecule has 0 amide bonds. The van der Waals surface area contributed by atoms with Gasteiger partial charge in [0.2, 0.25) is 0 Å². The Morgan fingerprint density at radius 3 is 2.73 bits per heavy atom. The lowest BCUT2D eigenvalue weighted by atomic mass is 10.1. The van der Waals surface area contributed by atoms with Crippen molar-refractivity contribution in [2.24, 2.45) is 0 Å². The monoisotopic (exact) mass is 228 g/mol.